The van der Waals surface area contributed by atoms with Gasteiger partial charge in [0.05, 0.1) is 10.9 Å². The average molecular weight is 321 g/mol. The third-order valence-electron chi connectivity index (χ3n) is 3.76. The fourth-order valence-electron chi connectivity index (χ4n) is 2.50. The van der Waals surface area contributed by atoms with Crippen molar-refractivity contribution in [3.63, 3.8) is 0 Å². The van der Waals surface area contributed by atoms with Crippen LogP contribution in [0.2, 0.25) is 0 Å². The lowest BCUT2D eigenvalue weighted by atomic mass is 10.1. The van der Waals surface area contributed by atoms with Crippen molar-refractivity contribution in [2.24, 2.45) is 0 Å². The molecule has 0 spiro atoms. The summed E-state index contributed by atoms with van der Waals surface area (Å²) in [6.45, 7) is 0. The number of fused-ring (bicyclic) bond motifs is 1. The number of hydrogen-bond acceptors (Lipinski definition) is 4. The molecule has 110 valence electrons. The van der Waals surface area contributed by atoms with E-state index in [1.807, 2.05) is 18.8 Å². The topological polar surface area (TPSA) is 69.0 Å². The minimum atomic E-state index is -0.242. The van der Waals surface area contributed by atoms with E-state index in [-0.39, 0.29) is 22.3 Å². The first-order valence-corrected chi connectivity index (χ1v) is 8.24. The molecule has 1 aliphatic heterocycles. The smallest absolute Gasteiger partial charge is 0.259 e. The number of benzene rings is 1. The van der Waals surface area contributed by atoms with Crippen molar-refractivity contribution in [3.05, 3.63) is 38.9 Å². The first-order valence-electron chi connectivity index (χ1n) is 6.67. The van der Waals surface area contributed by atoms with Crippen molar-refractivity contribution in [1.82, 2.24) is 14.9 Å². The SMILES string of the molecule is CN(C(=O)c1ccc2c(=O)[nH]c(=S)[nH]c2c1)[C@@H]1CCSC1. The number of thioether (sulfide) groups is 1. The maximum Gasteiger partial charge on any atom is 0.259 e. The number of amides is 1. The van der Waals surface area contributed by atoms with Gasteiger partial charge < -0.3 is 9.88 Å². The summed E-state index contributed by atoms with van der Waals surface area (Å²) in [7, 11) is 1.84. The summed E-state index contributed by atoms with van der Waals surface area (Å²) in [6, 6.07) is 5.33. The number of nitrogens with one attached hydrogen (secondary N) is 2. The van der Waals surface area contributed by atoms with Crippen LogP contribution in [-0.2, 0) is 0 Å². The van der Waals surface area contributed by atoms with Gasteiger partial charge in [0.25, 0.3) is 11.5 Å². The Morgan fingerprint density at radius 1 is 1.43 bits per heavy atom. The van der Waals surface area contributed by atoms with E-state index in [9.17, 15) is 9.59 Å². The maximum absolute atomic E-state index is 12.5. The maximum atomic E-state index is 12.5. The Bertz CT molecular complexity index is 806. The van der Waals surface area contributed by atoms with Gasteiger partial charge in [-0.3, -0.25) is 14.6 Å². The normalized spacial score (nSPS) is 18.0. The van der Waals surface area contributed by atoms with Gasteiger partial charge in [-0.15, -0.1) is 0 Å². The van der Waals surface area contributed by atoms with Gasteiger partial charge in [-0.25, -0.2) is 0 Å². The standard InChI is InChI=1S/C14H15N3O2S2/c1-17(9-4-5-21-7-9)13(19)8-2-3-10-11(6-8)15-14(20)16-12(10)18/h2-3,6,9H,4-5,7H2,1H3,(H2,15,16,18,20)/t9-/m1/s1. The Labute approximate surface area is 130 Å². The highest BCUT2D eigenvalue weighted by Crippen LogP contribution is 2.23. The summed E-state index contributed by atoms with van der Waals surface area (Å²) in [5.74, 6) is 2.06. The van der Waals surface area contributed by atoms with Crippen LogP contribution in [0.15, 0.2) is 23.0 Å². The molecule has 0 radical (unpaired) electrons. The van der Waals surface area contributed by atoms with Gasteiger partial charge in [-0.1, -0.05) is 0 Å². The van der Waals surface area contributed by atoms with Crippen molar-refractivity contribution in [3.8, 4) is 0 Å². The van der Waals surface area contributed by atoms with Crippen molar-refractivity contribution >= 4 is 40.8 Å². The molecule has 1 fully saturated rings. The number of carbonyl (C=O) groups excluding carboxylic acids is 1. The quantitative estimate of drug-likeness (QED) is 0.832. The van der Waals surface area contributed by atoms with E-state index in [1.54, 1.807) is 23.1 Å². The number of hydrogen-bond donors (Lipinski definition) is 2. The fourth-order valence-corrected chi connectivity index (χ4v) is 3.97. The molecule has 1 atom stereocenters. The largest absolute Gasteiger partial charge is 0.338 e. The van der Waals surface area contributed by atoms with Crippen molar-refractivity contribution < 1.29 is 4.79 Å². The zero-order chi connectivity index (χ0) is 15.0. The summed E-state index contributed by atoms with van der Waals surface area (Å²) in [5, 5.41) is 0.499. The minimum Gasteiger partial charge on any atom is -0.338 e. The first kappa shape index (κ1) is 14.3. The van der Waals surface area contributed by atoms with Gasteiger partial charge in [0.2, 0.25) is 0 Å². The molecule has 1 saturated heterocycles. The van der Waals surface area contributed by atoms with Crippen LogP contribution in [0.3, 0.4) is 0 Å². The van der Waals surface area contributed by atoms with E-state index in [4.69, 9.17) is 12.2 Å². The predicted octanol–water partition coefficient (Wildman–Crippen LogP) is 2.16. The molecule has 5 nitrogen and oxygen atoms in total. The van der Waals surface area contributed by atoms with Crippen LogP contribution in [0.5, 0.6) is 0 Å². The van der Waals surface area contributed by atoms with Crippen molar-refractivity contribution in [2.45, 2.75) is 12.5 Å². The van der Waals surface area contributed by atoms with Gasteiger partial charge in [-0.2, -0.15) is 11.8 Å². The van der Waals surface area contributed by atoms with E-state index in [1.165, 1.54) is 0 Å². The van der Waals surface area contributed by atoms with E-state index < -0.39 is 0 Å². The molecule has 3 rings (SSSR count). The molecule has 2 heterocycles. The third-order valence-corrected chi connectivity index (χ3v) is 5.11. The summed E-state index contributed by atoms with van der Waals surface area (Å²) in [5.41, 5.74) is 0.912. The monoisotopic (exact) mass is 321 g/mol. The number of aromatic nitrogens is 2. The summed E-state index contributed by atoms with van der Waals surface area (Å²) >= 11 is 6.84. The Morgan fingerprint density at radius 2 is 2.24 bits per heavy atom. The van der Waals surface area contributed by atoms with Gasteiger partial charge in [-0.05, 0) is 42.6 Å². The summed E-state index contributed by atoms with van der Waals surface area (Å²) in [6.07, 6.45) is 1.03. The highest BCUT2D eigenvalue weighted by atomic mass is 32.2. The molecule has 0 saturated carbocycles. The van der Waals surface area contributed by atoms with Crippen LogP contribution in [0.25, 0.3) is 10.9 Å². The molecule has 0 aliphatic carbocycles. The second kappa shape index (κ2) is 5.65. The molecule has 1 amide bonds. The minimum absolute atomic E-state index is 0.0241. The first-order chi connectivity index (χ1) is 10.1. The zero-order valence-corrected chi connectivity index (χ0v) is 13.1. The molecule has 0 bridgehead atoms. The molecule has 21 heavy (non-hydrogen) atoms. The van der Waals surface area contributed by atoms with Gasteiger partial charge in [0, 0.05) is 24.4 Å². The molecule has 2 aromatic rings. The van der Waals surface area contributed by atoms with Crippen LogP contribution in [0, 0.1) is 4.77 Å². The molecule has 1 aromatic carbocycles. The van der Waals surface area contributed by atoms with Gasteiger partial charge >= 0.3 is 0 Å². The average Bonchev–Trinajstić information content (AvgIpc) is 2.99. The number of aromatic amines is 2. The van der Waals surface area contributed by atoms with Crippen LogP contribution in [0.1, 0.15) is 16.8 Å². The van der Waals surface area contributed by atoms with Gasteiger partial charge in [0.1, 0.15) is 0 Å². The molecular weight excluding hydrogens is 306 g/mol. The van der Waals surface area contributed by atoms with E-state index in [2.05, 4.69) is 9.97 Å². The molecule has 1 aromatic heterocycles. The second-order valence-electron chi connectivity index (χ2n) is 5.10. The molecule has 1 aliphatic rings. The predicted molar refractivity (Wildman–Crippen MR) is 87.6 cm³/mol. The summed E-state index contributed by atoms with van der Waals surface area (Å²) < 4.78 is 0.262. The van der Waals surface area contributed by atoms with E-state index >= 15 is 0 Å². The van der Waals surface area contributed by atoms with Crippen LogP contribution in [0.4, 0.5) is 0 Å². The Hall–Kier alpha value is -1.60. The van der Waals surface area contributed by atoms with Crippen LogP contribution < -0.4 is 5.56 Å². The Kier molecular flexibility index (Phi) is 3.86. The van der Waals surface area contributed by atoms with Gasteiger partial charge in [0.15, 0.2) is 4.77 Å². The second-order valence-corrected chi connectivity index (χ2v) is 6.66. The lowest BCUT2D eigenvalue weighted by Gasteiger charge is -2.23. The van der Waals surface area contributed by atoms with E-state index in [0.29, 0.717) is 16.5 Å². The number of nitrogens with zero attached hydrogens (tertiary/aromatic N) is 1. The Balaban J connectivity index is 1.98. The lowest BCUT2D eigenvalue weighted by Crippen LogP contribution is -2.37. The highest BCUT2D eigenvalue weighted by Gasteiger charge is 2.24. The lowest BCUT2D eigenvalue weighted by molar-refractivity contribution is 0.0748. The van der Waals surface area contributed by atoms with Crippen LogP contribution in [-0.4, -0.2) is 45.4 Å². The highest BCUT2D eigenvalue weighted by molar-refractivity contribution is 7.99. The Morgan fingerprint density at radius 3 is 2.95 bits per heavy atom. The molecule has 2 N–H and O–H groups in total. The third kappa shape index (κ3) is 2.75. The van der Waals surface area contributed by atoms with Crippen molar-refractivity contribution in [2.75, 3.05) is 18.6 Å². The number of rotatable bonds is 2. The zero-order valence-electron chi connectivity index (χ0n) is 11.5. The number of carbonyl (C=O) groups is 1. The number of H-pyrrole nitrogens is 2. The van der Waals surface area contributed by atoms with Crippen LogP contribution >= 0.6 is 24.0 Å². The molecular formula is C14H15N3O2S2. The summed E-state index contributed by atoms with van der Waals surface area (Å²) in [4.78, 5) is 31.6. The fraction of sp³-hybridized carbons (Fsp3) is 0.357. The van der Waals surface area contributed by atoms with Crippen molar-refractivity contribution in [1.29, 1.82) is 0 Å². The molecule has 7 heteroatoms. The van der Waals surface area contributed by atoms with E-state index in [0.717, 1.165) is 17.9 Å². The molecule has 0 unspecified atom stereocenters.